The minimum Gasteiger partial charge on any atom is -0.507 e. The largest absolute Gasteiger partial charge is 0.507 e. The zero-order valence-electron chi connectivity index (χ0n) is 15.2. The van der Waals surface area contributed by atoms with Crippen molar-refractivity contribution in [2.45, 2.75) is 51.6 Å². The molecule has 5 nitrogen and oxygen atoms in total. The Morgan fingerprint density at radius 3 is 2.63 bits per heavy atom. The fraction of sp³-hybridized carbons (Fsp3) is 0.474. The third kappa shape index (κ3) is 4.75. The number of halogens is 3. The van der Waals surface area contributed by atoms with Gasteiger partial charge in [-0.2, -0.15) is 23.4 Å². The number of aromatic nitrogens is 2. The summed E-state index contributed by atoms with van der Waals surface area (Å²) in [5.74, 6) is -0.460. The first-order valence-electron chi connectivity index (χ1n) is 8.83. The highest BCUT2D eigenvalue weighted by atomic mass is 19.4. The van der Waals surface area contributed by atoms with Crippen LogP contribution < -0.4 is 5.32 Å². The highest BCUT2D eigenvalue weighted by Crippen LogP contribution is 2.38. The summed E-state index contributed by atoms with van der Waals surface area (Å²) in [7, 11) is 0. The van der Waals surface area contributed by atoms with Gasteiger partial charge in [0.1, 0.15) is 5.75 Å². The Balaban J connectivity index is 1.72. The lowest BCUT2D eigenvalue weighted by Crippen LogP contribution is -2.37. The van der Waals surface area contributed by atoms with E-state index in [2.05, 4.69) is 15.5 Å². The van der Waals surface area contributed by atoms with Crippen molar-refractivity contribution < 1.29 is 23.0 Å². The predicted octanol–water partition coefficient (Wildman–Crippen LogP) is 3.83. The summed E-state index contributed by atoms with van der Waals surface area (Å²) in [6, 6.07) is 5.49. The molecule has 1 aliphatic rings. The van der Waals surface area contributed by atoms with E-state index in [4.69, 9.17) is 4.74 Å². The Hall–Kier alpha value is -2.19. The molecule has 3 rings (SSSR count). The summed E-state index contributed by atoms with van der Waals surface area (Å²) >= 11 is 0. The third-order valence-electron chi connectivity index (χ3n) is 4.67. The predicted molar refractivity (Wildman–Crippen MR) is 94.1 cm³/mol. The normalized spacial score (nSPS) is 20.6. The van der Waals surface area contributed by atoms with Gasteiger partial charge < -0.3 is 15.2 Å². The molecule has 146 valence electrons. The van der Waals surface area contributed by atoms with E-state index in [0.29, 0.717) is 29.9 Å². The van der Waals surface area contributed by atoms with E-state index in [-0.39, 0.29) is 11.7 Å². The second-order valence-electron chi connectivity index (χ2n) is 6.88. The van der Waals surface area contributed by atoms with Gasteiger partial charge in [0.05, 0.1) is 23.1 Å². The minimum absolute atomic E-state index is 0.232. The van der Waals surface area contributed by atoms with Gasteiger partial charge in [-0.3, -0.25) is 0 Å². The van der Waals surface area contributed by atoms with E-state index in [9.17, 15) is 18.3 Å². The fourth-order valence-electron chi connectivity index (χ4n) is 3.29. The molecule has 0 aliphatic carbocycles. The number of alkyl halides is 3. The van der Waals surface area contributed by atoms with Crippen LogP contribution in [0.1, 0.15) is 36.6 Å². The van der Waals surface area contributed by atoms with Gasteiger partial charge in [-0.05, 0) is 56.5 Å². The van der Waals surface area contributed by atoms with E-state index in [0.717, 1.165) is 31.2 Å². The zero-order valence-corrected chi connectivity index (χ0v) is 15.2. The maximum absolute atomic E-state index is 12.8. The van der Waals surface area contributed by atoms with E-state index in [1.807, 2.05) is 6.92 Å². The van der Waals surface area contributed by atoms with Crippen molar-refractivity contribution in [3.63, 3.8) is 0 Å². The Morgan fingerprint density at radius 1 is 1.26 bits per heavy atom. The first-order chi connectivity index (χ1) is 12.7. The van der Waals surface area contributed by atoms with E-state index in [1.165, 1.54) is 6.92 Å². The second-order valence-corrected chi connectivity index (χ2v) is 6.88. The monoisotopic (exact) mass is 381 g/mol. The van der Waals surface area contributed by atoms with Gasteiger partial charge in [0.25, 0.3) is 0 Å². The number of phenols is 1. The molecular weight excluding hydrogens is 359 g/mol. The molecule has 2 atom stereocenters. The van der Waals surface area contributed by atoms with E-state index in [1.54, 1.807) is 12.1 Å². The van der Waals surface area contributed by atoms with Crippen molar-refractivity contribution in [1.82, 2.24) is 15.5 Å². The number of aromatic hydroxyl groups is 1. The van der Waals surface area contributed by atoms with Crippen LogP contribution in [0.3, 0.4) is 0 Å². The van der Waals surface area contributed by atoms with Crippen LogP contribution in [-0.4, -0.2) is 34.1 Å². The molecule has 2 N–H and O–H groups in total. The number of hydrogen-bond donors (Lipinski definition) is 2. The molecule has 0 bridgehead atoms. The lowest BCUT2D eigenvalue weighted by atomic mass is 10.0. The Kier molecular flexibility index (Phi) is 5.67. The zero-order chi connectivity index (χ0) is 19.6. The molecule has 2 unspecified atom stereocenters. The number of phenolic OH excluding ortho intramolecular Hbond substituents is 1. The molecule has 1 fully saturated rings. The van der Waals surface area contributed by atoms with Crippen LogP contribution in [0.4, 0.5) is 13.2 Å². The van der Waals surface area contributed by atoms with E-state index < -0.39 is 17.5 Å². The summed E-state index contributed by atoms with van der Waals surface area (Å²) in [4.78, 5) is 0. The van der Waals surface area contributed by atoms with Crippen molar-refractivity contribution in [3.05, 3.63) is 41.1 Å². The Labute approximate surface area is 155 Å². The number of benzene rings is 1. The number of rotatable bonds is 4. The summed E-state index contributed by atoms with van der Waals surface area (Å²) in [5.41, 5.74) is 0.719. The summed E-state index contributed by atoms with van der Waals surface area (Å²) in [6.07, 6.45) is -2.40. The number of nitrogens with zero attached hydrogens (tertiary/aromatic N) is 2. The second kappa shape index (κ2) is 7.82. The Morgan fingerprint density at radius 2 is 2.04 bits per heavy atom. The highest BCUT2D eigenvalue weighted by molar-refractivity contribution is 5.71. The summed E-state index contributed by atoms with van der Waals surface area (Å²) in [5, 5.41) is 21.7. The van der Waals surface area contributed by atoms with Crippen molar-refractivity contribution in [3.8, 4) is 17.0 Å². The quantitative estimate of drug-likeness (QED) is 0.843. The lowest BCUT2D eigenvalue weighted by Gasteiger charge is -2.27. The number of aryl methyl sites for hydroxylation is 1. The Bertz CT molecular complexity index is 771. The molecule has 1 aromatic heterocycles. The molecule has 0 saturated carbocycles. The van der Waals surface area contributed by atoms with E-state index >= 15 is 0 Å². The number of nitrogens with one attached hydrogen (secondary N) is 1. The van der Waals surface area contributed by atoms with Crippen LogP contribution in [0.5, 0.6) is 5.75 Å². The lowest BCUT2D eigenvalue weighted by molar-refractivity contribution is -0.137. The topological polar surface area (TPSA) is 67.3 Å². The molecule has 1 aliphatic heterocycles. The molecule has 0 radical (unpaired) electrons. The molecule has 0 spiro atoms. The summed E-state index contributed by atoms with van der Waals surface area (Å²) < 4.78 is 44.0. The van der Waals surface area contributed by atoms with Crippen LogP contribution in [0.25, 0.3) is 11.3 Å². The standard InChI is InChI=1S/C19H22F3N3O2/c1-11-7-13(19(20,21)22)9-17(26)18(11)16-4-3-15(24-25-16)10-23-14-5-6-27-12(2)8-14/h3-4,7,9,12,14,23,26H,5-6,8,10H2,1-2H3. The first-order valence-corrected chi connectivity index (χ1v) is 8.83. The van der Waals surface area contributed by atoms with Gasteiger partial charge in [0.2, 0.25) is 0 Å². The maximum Gasteiger partial charge on any atom is 0.416 e. The first kappa shape index (κ1) is 19.6. The fourth-order valence-corrected chi connectivity index (χ4v) is 3.29. The van der Waals surface area contributed by atoms with Gasteiger partial charge in [-0.25, -0.2) is 0 Å². The van der Waals surface area contributed by atoms with Crippen LogP contribution in [-0.2, 0) is 17.5 Å². The maximum atomic E-state index is 12.8. The SMILES string of the molecule is Cc1cc(C(F)(F)F)cc(O)c1-c1ccc(CNC2CCOC(C)C2)nn1. The van der Waals surface area contributed by atoms with Gasteiger partial charge in [0, 0.05) is 24.8 Å². The van der Waals surface area contributed by atoms with Crippen LogP contribution in [0.2, 0.25) is 0 Å². The minimum atomic E-state index is -4.51. The van der Waals surface area contributed by atoms with Crippen LogP contribution in [0, 0.1) is 6.92 Å². The smallest absolute Gasteiger partial charge is 0.416 e. The van der Waals surface area contributed by atoms with Gasteiger partial charge in [-0.15, -0.1) is 0 Å². The molecule has 1 saturated heterocycles. The molecule has 0 amide bonds. The van der Waals surface area contributed by atoms with Gasteiger partial charge in [0.15, 0.2) is 0 Å². The molecule has 1 aromatic carbocycles. The number of hydrogen-bond acceptors (Lipinski definition) is 5. The summed E-state index contributed by atoms with van der Waals surface area (Å²) in [6.45, 7) is 4.83. The van der Waals surface area contributed by atoms with Crippen molar-refractivity contribution in [2.75, 3.05) is 6.61 Å². The van der Waals surface area contributed by atoms with Crippen molar-refractivity contribution in [2.24, 2.45) is 0 Å². The number of ether oxygens (including phenoxy) is 1. The average molecular weight is 381 g/mol. The molecule has 2 aromatic rings. The van der Waals surface area contributed by atoms with Gasteiger partial charge in [-0.1, -0.05) is 0 Å². The molecule has 2 heterocycles. The third-order valence-corrected chi connectivity index (χ3v) is 4.67. The highest BCUT2D eigenvalue weighted by Gasteiger charge is 2.32. The molecule has 8 heteroatoms. The molecule has 27 heavy (non-hydrogen) atoms. The average Bonchev–Trinajstić information content (AvgIpc) is 2.60. The van der Waals surface area contributed by atoms with Crippen LogP contribution >= 0.6 is 0 Å². The van der Waals surface area contributed by atoms with Crippen molar-refractivity contribution >= 4 is 0 Å². The van der Waals surface area contributed by atoms with Crippen molar-refractivity contribution in [1.29, 1.82) is 0 Å². The molecular formula is C19H22F3N3O2. The van der Waals surface area contributed by atoms with Gasteiger partial charge >= 0.3 is 6.18 Å². The van der Waals surface area contributed by atoms with Crippen LogP contribution in [0.15, 0.2) is 24.3 Å².